The zero-order chi connectivity index (χ0) is 20.9. The molecule has 2 aromatic heterocycles. The summed E-state index contributed by atoms with van der Waals surface area (Å²) in [6.45, 7) is 1.76. The zero-order valence-corrected chi connectivity index (χ0v) is 16.5. The van der Waals surface area contributed by atoms with Gasteiger partial charge in [0.1, 0.15) is 12.4 Å². The number of anilines is 3. The Balaban J connectivity index is 1.42. The number of methoxy groups -OCH3 is 1. The maximum atomic E-state index is 13.9. The summed E-state index contributed by atoms with van der Waals surface area (Å²) in [7, 11) is 1.59. The van der Waals surface area contributed by atoms with Crippen LogP contribution in [0.15, 0.2) is 36.9 Å². The Hall–Kier alpha value is -3.43. The molecule has 0 amide bonds. The van der Waals surface area contributed by atoms with Gasteiger partial charge in [0.2, 0.25) is 5.95 Å². The summed E-state index contributed by atoms with van der Waals surface area (Å²) in [5.74, 6) is -1.01. The Bertz CT molecular complexity index is 1100. The molecule has 0 saturated carbocycles. The second-order valence-electron chi connectivity index (χ2n) is 7.47. The van der Waals surface area contributed by atoms with Gasteiger partial charge in [-0.3, -0.25) is 0 Å². The fraction of sp³-hybridized carbons (Fsp3) is 0.350. The van der Waals surface area contributed by atoms with Crippen molar-refractivity contribution in [2.45, 2.75) is 25.3 Å². The van der Waals surface area contributed by atoms with Gasteiger partial charge in [-0.05, 0) is 19.1 Å². The van der Waals surface area contributed by atoms with Gasteiger partial charge < -0.3 is 24.3 Å². The molecule has 0 aliphatic carbocycles. The molecule has 3 aromatic rings. The number of rotatable bonds is 4. The first-order valence-electron chi connectivity index (χ1n) is 9.52. The first-order chi connectivity index (χ1) is 14.4. The fourth-order valence-corrected chi connectivity index (χ4v) is 3.86. The highest BCUT2D eigenvalue weighted by Gasteiger charge is 2.48. The molecule has 8 nitrogen and oxygen atoms in total. The molecule has 1 aromatic carbocycles. The van der Waals surface area contributed by atoms with Crippen molar-refractivity contribution in [3.05, 3.63) is 42.6 Å². The van der Waals surface area contributed by atoms with Crippen LogP contribution in [0.2, 0.25) is 0 Å². The molecule has 2 aliphatic heterocycles. The number of aryl methyl sites for hydroxylation is 1. The first-order valence-corrected chi connectivity index (χ1v) is 9.52. The van der Waals surface area contributed by atoms with Crippen LogP contribution in [0.25, 0.3) is 5.69 Å². The van der Waals surface area contributed by atoms with Crippen molar-refractivity contribution < 1.29 is 18.3 Å². The summed E-state index contributed by atoms with van der Waals surface area (Å²) in [5.41, 5.74) is 2.44. The van der Waals surface area contributed by atoms with Crippen LogP contribution in [0, 0.1) is 6.92 Å². The number of ether oxygens (including phenoxy) is 2. The van der Waals surface area contributed by atoms with Gasteiger partial charge in [-0.1, -0.05) is 0 Å². The Morgan fingerprint density at radius 2 is 2.17 bits per heavy atom. The van der Waals surface area contributed by atoms with E-state index in [-0.39, 0.29) is 25.6 Å². The monoisotopic (exact) mass is 414 g/mol. The summed E-state index contributed by atoms with van der Waals surface area (Å²) in [4.78, 5) is 14.6. The molecule has 1 fully saturated rings. The van der Waals surface area contributed by atoms with Gasteiger partial charge in [0.15, 0.2) is 11.6 Å². The van der Waals surface area contributed by atoms with E-state index < -0.39 is 5.92 Å². The highest BCUT2D eigenvalue weighted by Crippen LogP contribution is 2.42. The summed E-state index contributed by atoms with van der Waals surface area (Å²) < 4.78 is 40.7. The lowest BCUT2D eigenvalue weighted by molar-refractivity contribution is 0.0211. The lowest BCUT2D eigenvalue weighted by atomic mass is 10.2. The molecule has 0 spiro atoms. The maximum Gasteiger partial charge on any atom is 0.267 e. The first kappa shape index (κ1) is 18.6. The van der Waals surface area contributed by atoms with Gasteiger partial charge in [-0.15, -0.1) is 0 Å². The third kappa shape index (κ3) is 3.27. The third-order valence-electron chi connectivity index (χ3n) is 5.24. The molecule has 10 heteroatoms. The number of hydrogen-bond donors (Lipinski definition) is 1. The van der Waals surface area contributed by atoms with Crippen molar-refractivity contribution >= 4 is 17.5 Å². The van der Waals surface area contributed by atoms with Gasteiger partial charge in [0, 0.05) is 24.4 Å². The average molecular weight is 414 g/mol. The number of fused-ring (bicyclic) bond motifs is 3. The van der Waals surface area contributed by atoms with Gasteiger partial charge in [0.25, 0.3) is 5.92 Å². The van der Waals surface area contributed by atoms with Crippen LogP contribution < -0.4 is 19.7 Å². The number of aromatic nitrogens is 4. The fourth-order valence-electron chi connectivity index (χ4n) is 3.86. The molecule has 2 aliphatic rings. The predicted octanol–water partition coefficient (Wildman–Crippen LogP) is 3.33. The molecular formula is C20H20F2N6O2. The maximum absolute atomic E-state index is 13.9. The number of halogens is 2. The normalized spacial score (nSPS) is 19.1. The van der Waals surface area contributed by atoms with Crippen LogP contribution in [0.3, 0.4) is 0 Å². The van der Waals surface area contributed by atoms with E-state index in [1.54, 1.807) is 18.3 Å². The van der Waals surface area contributed by atoms with E-state index in [1.807, 2.05) is 35.9 Å². The quantitative estimate of drug-likeness (QED) is 0.702. The van der Waals surface area contributed by atoms with Crippen molar-refractivity contribution in [2.75, 3.05) is 30.5 Å². The van der Waals surface area contributed by atoms with Crippen molar-refractivity contribution in [1.82, 2.24) is 19.5 Å². The van der Waals surface area contributed by atoms with Crippen LogP contribution in [0.4, 0.5) is 26.2 Å². The van der Waals surface area contributed by atoms with E-state index >= 15 is 0 Å². The minimum Gasteiger partial charge on any atom is -0.494 e. The van der Waals surface area contributed by atoms with Crippen LogP contribution >= 0.6 is 0 Å². The molecule has 5 rings (SSSR count). The van der Waals surface area contributed by atoms with Crippen molar-refractivity contribution in [2.24, 2.45) is 0 Å². The highest BCUT2D eigenvalue weighted by atomic mass is 19.3. The average Bonchev–Trinajstić information content (AvgIpc) is 3.29. The summed E-state index contributed by atoms with van der Waals surface area (Å²) >= 11 is 0. The second kappa shape index (κ2) is 6.82. The smallest absolute Gasteiger partial charge is 0.267 e. The Kier molecular flexibility index (Phi) is 4.23. The van der Waals surface area contributed by atoms with Gasteiger partial charge in [-0.2, -0.15) is 4.98 Å². The van der Waals surface area contributed by atoms with Gasteiger partial charge >= 0.3 is 0 Å². The van der Waals surface area contributed by atoms with E-state index in [2.05, 4.69) is 20.3 Å². The second-order valence-corrected chi connectivity index (χ2v) is 7.47. The number of nitrogens with one attached hydrogen (secondary N) is 1. The molecule has 1 N–H and O–H groups in total. The lowest BCUT2D eigenvalue weighted by Crippen LogP contribution is -2.39. The summed E-state index contributed by atoms with van der Waals surface area (Å²) in [5, 5.41) is 3.12. The van der Waals surface area contributed by atoms with E-state index in [0.717, 1.165) is 11.4 Å². The number of alkyl halides is 2. The van der Waals surface area contributed by atoms with E-state index in [9.17, 15) is 8.78 Å². The van der Waals surface area contributed by atoms with Crippen molar-refractivity contribution in [3.63, 3.8) is 0 Å². The van der Waals surface area contributed by atoms with Gasteiger partial charge in [0.05, 0.1) is 43.6 Å². The highest BCUT2D eigenvalue weighted by molar-refractivity contribution is 5.64. The molecule has 30 heavy (non-hydrogen) atoms. The van der Waals surface area contributed by atoms with E-state index in [0.29, 0.717) is 29.0 Å². The minimum atomic E-state index is -2.75. The summed E-state index contributed by atoms with van der Waals surface area (Å²) in [6.07, 6.45) is 4.90. The lowest BCUT2D eigenvalue weighted by Gasteiger charge is -2.31. The molecule has 0 bridgehead atoms. The molecule has 156 valence electrons. The number of hydrogen-bond acceptors (Lipinski definition) is 7. The van der Waals surface area contributed by atoms with E-state index in [4.69, 9.17) is 9.47 Å². The van der Waals surface area contributed by atoms with Crippen LogP contribution in [-0.2, 0) is 0 Å². The summed E-state index contributed by atoms with van der Waals surface area (Å²) in [6, 6.07) is 5.19. The van der Waals surface area contributed by atoms with Crippen molar-refractivity contribution in [3.8, 4) is 17.2 Å². The molecule has 0 unspecified atom stereocenters. The predicted molar refractivity (Wildman–Crippen MR) is 106 cm³/mol. The third-order valence-corrected chi connectivity index (χ3v) is 5.24. The Morgan fingerprint density at radius 1 is 1.30 bits per heavy atom. The standard InChI is InChI=1S/C20H20F2N6O2/c1-12-8-27(11-24-12)15-4-3-13(5-16(15)29-2)25-19-23-7-17-18(26-19)28-10-20(21,22)6-14(28)9-30-17/h3-5,7-8,11,14H,6,9-10H2,1-2H3,(H,23,25,26)/t14-/m1/s1. The number of imidazole rings is 1. The van der Waals surface area contributed by atoms with Gasteiger partial charge in [-0.25, -0.2) is 18.7 Å². The number of benzene rings is 1. The molecule has 1 atom stereocenters. The molecule has 4 heterocycles. The van der Waals surface area contributed by atoms with Crippen LogP contribution in [0.5, 0.6) is 11.5 Å². The SMILES string of the molecule is COc1cc(Nc2ncc3c(n2)N2CC(F)(F)C[C@@H]2CO3)ccc1-n1cnc(C)c1. The minimum absolute atomic E-state index is 0.213. The molecular weight excluding hydrogens is 394 g/mol. The molecule has 1 saturated heterocycles. The van der Waals surface area contributed by atoms with E-state index in [1.165, 1.54) is 6.20 Å². The Labute approximate surface area is 171 Å². The largest absolute Gasteiger partial charge is 0.494 e. The Morgan fingerprint density at radius 3 is 2.93 bits per heavy atom. The molecule has 0 radical (unpaired) electrons. The van der Waals surface area contributed by atoms with Crippen LogP contribution in [-0.4, -0.2) is 51.7 Å². The number of nitrogens with zero attached hydrogens (tertiary/aromatic N) is 5. The zero-order valence-electron chi connectivity index (χ0n) is 16.5. The van der Waals surface area contributed by atoms with Crippen molar-refractivity contribution in [1.29, 1.82) is 0 Å². The topological polar surface area (TPSA) is 77.3 Å². The van der Waals surface area contributed by atoms with Crippen LogP contribution in [0.1, 0.15) is 12.1 Å².